The highest BCUT2D eigenvalue weighted by molar-refractivity contribution is 8.00. The van der Waals surface area contributed by atoms with Crippen LogP contribution in [0.25, 0.3) is 0 Å². The number of hydrogen-bond acceptors (Lipinski definition) is 8. The Bertz CT molecular complexity index is 1640. The van der Waals surface area contributed by atoms with Gasteiger partial charge in [0.1, 0.15) is 12.3 Å². The fourth-order valence-electron chi connectivity index (χ4n) is 7.45. The van der Waals surface area contributed by atoms with Crippen LogP contribution in [0.15, 0.2) is 64.4 Å². The second-order valence-corrected chi connectivity index (χ2v) is 13.1. The largest absolute Gasteiger partial charge is 0.483 e. The first-order chi connectivity index (χ1) is 19.8. The van der Waals surface area contributed by atoms with Crippen LogP contribution in [0.5, 0.6) is 5.75 Å². The van der Waals surface area contributed by atoms with Gasteiger partial charge in [-0.05, 0) is 42.4 Å². The summed E-state index contributed by atoms with van der Waals surface area (Å²) in [6, 6.07) is 16.5. The smallest absolute Gasteiger partial charge is 0.323 e. The van der Waals surface area contributed by atoms with Crippen LogP contribution in [0.1, 0.15) is 22.8 Å². The molecule has 3 amide bonds. The van der Waals surface area contributed by atoms with Gasteiger partial charge in [0.2, 0.25) is 11.8 Å². The maximum atomic E-state index is 13.4. The van der Waals surface area contributed by atoms with Crippen molar-refractivity contribution in [1.29, 1.82) is 0 Å². The number of benzene rings is 2. The van der Waals surface area contributed by atoms with Gasteiger partial charge < -0.3 is 20.1 Å². The average Bonchev–Trinajstić information content (AvgIpc) is 3.68. The number of nitrogens with zero attached hydrogens (tertiary/aromatic N) is 1. The minimum absolute atomic E-state index is 0.0417. The predicted octanol–water partition coefficient (Wildman–Crippen LogP) is 3.01. The monoisotopic (exact) mass is 591 g/mol. The van der Waals surface area contributed by atoms with Crippen LogP contribution in [0, 0.1) is 29.6 Å². The van der Waals surface area contributed by atoms with E-state index in [1.54, 1.807) is 30.0 Å². The molecule has 6 unspecified atom stereocenters. The molecule has 1 saturated heterocycles. The lowest BCUT2D eigenvalue weighted by Gasteiger charge is -2.43. The van der Waals surface area contributed by atoms with Crippen LogP contribution in [-0.2, 0) is 19.2 Å². The van der Waals surface area contributed by atoms with E-state index < -0.39 is 36.2 Å². The highest BCUT2D eigenvalue weighted by Gasteiger charge is 2.69. The number of carboxylic acids is 1. The lowest BCUT2D eigenvalue weighted by molar-refractivity contribution is -0.149. The van der Waals surface area contributed by atoms with Gasteiger partial charge in [0.25, 0.3) is 5.91 Å². The third-order valence-electron chi connectivity index (χ3n) is 8.78. The number of H-pyrrole nitrogens is 1. The third-order valence-corrected chi connectivity index (χ3v) is 11.4. The number of thiazole rings is 1. The summed E-state index contributed by atoms with van der Waals surface area (Å²) in [4.78, 5) is 67.8. The van der Waals surface area contributed by atoms with Crippen LogP contribution in [0.2, 0.25) is 0 Å². The molecular formula is C29H25N3O7S2. The normalized spacial score (nSPS) is 29.2. The lowest BCUT2D eigenvalue weighted by atomic mass is 9.68. The lowest BCUT2D eigenvalue weighted by Crippen LogP contribution is -2.42. The zero-order valence-electron chi connectivity index (χ0n) is 21.5. The Hall–Kier alpha value is -3.90. The molecular weight excluding hydrogens is 566 g/mol. The van der Waals surface area contributed by atoms with E-state index in [9.17, 15) is 29.1 Å². The van der Waals surface area contributed by atoms with Crippen molar-refractivity contribution in [3.8, 4) is 5.75 Å². The number of carboxylic acid groups (broad SMARTS) is 1. The molecule has 0 radical (unpaired) electrons. The van der Waals surface area contributed by atoms with Gasteiger partial charge in [-0.15, -0.1) is 11.8 Å². The van der Waals surface area contributed by atoms with Crippen LogP contribution in [0.4, 0.5) is 5.69 Å². The van der Waals surface area contributed by atoms with Crippen molar-refractivity contribution >= 4 is 52.5 Å². The molecule has 7 rings (SSSR count). The minimum atomic E-state index is -1.22. The Morgan fingerprint density at radius 1 is 1.00 bits per heavy atom. The molecule has 3 N–H and O–H groups in total. The number of carbonyl (C=O) groups excluding carboxylic acids is 3. The number of thioether (sulfide) groups is 1. The van der Waals surface area contributed by atoms with Crippen molar-refractivity contribution in [2.24, 2.45) is 29.6 Å². The molecule has 2 aliphatic carbocycles. The summed E-state index contributed by atoms with van der Waals surface area (Å²) in [5.74, 6) is -3.57. The summed E-state index contributed by atoms with van der Waals surface area (Å²) in [6.45, 7) is -0.843. The van der Waals surface area contributed by atoms with Crippen molar-refractivity contribution in [1.82, 2.24) is 9.88 Å². The number of ether oxygens (including phenoxy) is 1. The number of para-hydroxylation sites is 2. The van der Waals surface area contributed by atoms with E-state index in [0.717, 1.165) is 31.7 Å². The Balaban J connectivity index is 1.22. The van der Waals surface area contributed by atoms with Crippen LogP contribution < -0.4 is 14.9 Å². The van der Waals surface area contributed by atoms with Crippen molar-refractivity contribution in [3.05, 3.63) is 74.7 Å². The van der Waals surface area contributed by atoms with E-state index in [1.807, 2.05) is 36.4 Å². The molecule has 3 fully saturated rings. The van der Waals surface area contributed by atoms with Gasteiger partial charge in [0, 0.05) is 27.3 Å². The number of amides is 3. The molecule has 7 atom stereocenters. The van der Waals surface area contributed by atoms with Crippen molar-refractivity contribution < 1.29 is 29.0 Å². The second kappa shape index (κ2) is 9.88. The maximum absolute atomic E-state index is 13.4. The summed E-state index contributed by atoms with van der Waals surface area (Å²) in [5, 5.41) is 12.8. The number of anilines is 1. The first-order valence-electron chi connectivity index (χ1n) is 13.3. The number of likely N-dealkylation sites (tertiary alicyclic amines) is 1. The molecule has 3 heterocycles. The molecule has 2 aliphatic heterocycles. The van der Waals surface area contributed by atoms with E-state index in [1.165, 1.54) is 0 Å². The van der Waals surface area contributed by atoms with Gasteiger partial charge >= 0.3 is 10.8 Å². The molecule has 2 bridgehead atoms. The fourth-order valence-corrected chi connectivity index (χ4v) is 10.3. The Labute approximate surface area is 242 Å². The van der Waals surface area contributed by atoms with Crippen molar-refractivity contribution in [2.45, 2.75) is 22.6 Å². The van der Waals surface area contributed by atoms with Crippen LogP contribution in [0.3, 0.4) is 0 Å². The number of aromatic amines is 1. The quantitative estimate of drug-likeness (QED) is 0.356. The van der Waals surface area contributed by atoms with E-state index in [2.05, 4.69) is 10.3 Å². The number of fused-ring (bicyclic) bond motifs is 9. The standard InChI is InChI=1S/C29H25N3O7S2/c33-18(30-13-6-2-1-3-7-13)12-39-17-9-5-4-8-14(17)20-21-15-10-16(24(21)40-26-25(20)41-29(38)31-26)23-22(15)27(36)32(28(23)37)11-19(34)35/h1-9,15-16,20-24H,10-12H2,(H,30,33)(H,31,38)(H,34,35)/t15?,16?,20-,21?,22?,23?,24?/m1/s1. The Kier molecular flexibility index (Phi) is 6.27. The number of carbonyl (C=O) groups is 4. The SMILES string of the molecule is O=C(O)CN1C(=O)C2C3CC(C2C1=O)C1C3Sc2[nH]c(=O)sc2[C@@H]1c1ccccc1OCC(=O)Nc1ccccc1. The van der Waals surface area contributed by atoms with E-state index in [4.69, 9.17) is 4.74 Å². The summed E-state index contributed by atoms with van der Waals surface area (Å²) in [6.07, 6.45) is 0.689. The van der Waals surface area contributed by atoms with Gasteiger partial charge in [-0.1, -0.05) is 47.7 Å². The third kappa shape index (κ3) is 4.19. The molecule has 1 aromatic heterocycles. The number of imide groups is 1. The zero-order valence-corrected chi connectivity index (χ0v) is 23.2. The Morgan fingerprint density at radius 2 is 1.71 bits per heavy atom. The van der Waals surface area contributed by atoms with Gasteiger partial charge in [-0.25, -0.2) is 0 Å². The Morgan fingerprint density at radius 3 is 2.46 bits per heavy atom. The van der Waals surface area contributed by atoms with Crippen molar-refractivity contribution in [3.63, 3.8) is 0 Å². The topological polar surface area (TPSA) is 146 Å². The minimum Gasteiger partial charge on any atom is -0.483 e. The number of aromatic nitrogens is 1. The van der Waals surface area contributed by atoms with Crippen molar-refractivity contribution in [2.75, 3.05) is 18.5 Å². The first kappa shape index (κ1) is 26.0. The highest BCUT2D eigenvalue weighted by Crippen LogP contribution is 2.68. The van der Waals surface area contributed by atoms with Gasteiger partial charge in [0.15, 0.2) is 6.61 Å². The van der Waals surface area contributed by atoms with E-state index in [0.29, 0.717) is 17.9 Å². The fraction of sp³-hybridized carbons (Fsp3) is 0.345. The summed E-state index contributed by atoms with van der Waals surface area (Å²) in [7, 11) is 0. The van der Waals surface area contributed by atoms with Crippen LogP contribution >= 0.6 is 23.1 Å². The second-order valence-electron chi connectivity index (χ2n) is 10.9. The average molecular weight is 592 g/mol. The number of nitrogens with one attached hydrogen (secondary N) is 2. The molecule has 0 spiro atoms. The molecule has 10 nitrogen and oxygen atoms in total. The molecule has 2 aromatic carbocycles. The molecule has 3 aromatic rings. The molecule has 41 heavy (non-hydrogen) atoms. The number of rotatable bonds is 7. The maximum Gasteiger partial charge on any atom is 0.323 e. The molecule has 4 aliphatic rings. The number of aliphatic carboxylic acids is 1. The van der Waals surface area contributed by atoms with Gasteiger partial charge in [-0.2, -0.15) is 0 Å². The molecule has 12 heteroatoms. The van der Waals surface area contributed by atoms with Gasteiger partial charge in [-0.3, -0.25) is 28.9 Å². The van der Waals surface area contributed by atoms with E-state index in [-0.39, 0.29) is 46.3 Å². The summed E-state index contributed by atoms with van der Waals surface area (Å²) < 4.78 is 6.06. The first-order valence-corrected chi connectivity index (χ1v) is 15.0. The van der Waals surface area contributed by atoms with Crippen LogP contribution in [-0.4, -0.2) is 57.1 Å². The number of hydrogen-bond donors (Lipinski definition) is 3. The zero-order chi connectivity index (χ0) is 28.4. The van der Waals surface area contributed by atoms with Gasteiger partial charge in [0.05, 0.1) is 16.9 Å². The van der Waals surface area contributed by atoms with E-state index >= 15 is 0 Å². The predicted molar refractivity (Wildman–Crippen MR) is 150 cm³/mol. The highest BCUT2D eigenvalue weighted by atomic mass is 32.2. The molecule has 210 valence electrons. The summed E-state index contributed by atoms with van der Waals surface area (Å²) >= 11 is 2.69. The summed E-state index contributed by atoms with van der Waals surface area (Å²) in [5.41, 5.74) is 1.47. The molecule has 2 saturated carbocycles.